The zero-order valence-electron chi connectivity index (χ0n) is 26.4. The van der Waals surface area contributed by atoms with Crippen LogP contribution in [0.1, 0.15) is 50.2 Å². The van der Waals surface area contributed by atoms with E-state index in [1.165, 1.54) is 0 Å². The topological polar surface area (TPSA) is 147 Å². The number of pyridine rings is 1. The third kappa shape index (κ3) is 6.44. The molecule has 13 heteroatoms. The van der Waals surface area contributed by atoms with Gasteiger partial charge >= 0.3 is 6.09 Å². The van der Waals surface area contributed by atoms with E-state index < -0.39 is 6.09 Å². The van der Waals surface area contributed by atoms with Crippen LogP contribution in [0.3, 0.4) is 0 Å². The largest absolute Gasteiger partial charge is 0.444 e. The molecule has 0 radical (unpaired) electrons. The number of aromatic nitrogens is 5. The Bertz CT molecular complexity index is 1800. The zero-order chi connectivity index (χ0) is 32.4. The smallest absolute Gasteiger partial charge is 0.416 e. The van der Waals surface area contributed by atoms with Gasteiger partial charge in [-0.25, -0.2) is 14.8 Å². The van der Waals surface area contributed by atoms with Crippen LogP contribution in [0.4, 0.5) is 22.4 Å². The van der Waals surface area contributed by atoms with Crippen LogP contribution >= 0.6 is 0 Å². The number of aryl methyl sites for hydroxylation is 1. The molecule has 3 aromatic heterocycles. The number of oxime groups is 1. The predicted molar refractivity (Wildman–Crippen MR) is 176 cm³/mol. The SMILES string of the molecule is CC1=NOC2(C1)CN(c1nc(NC3CCC(N(C(=O)OCc4ccccc4)c4ccc(-c5cnn(C)c5)cn4)CC3)ncc1C#N)C2. The van der Waals surface area contributed by atoms with Crippen molar-refractivity contribution in [2.45, 2.75) is 63.3 Å². The van der Waals surface area contributed by atoms with Crippen LogP contribution in [0.2, 0.25) is 0 Å². The van der Waals surface area contributed by atoms with Gasteiger partial charge in [-0.2, -0.15) is 15.3 Å². The monoisotopic (exact) mass is 632 g/mol. The van der Waals surface area contributed by atoms with Crippen molar-refractivity contribution in [2.24, 2.45) is 12.2 Å². The Morgan fingerprint density at radius 2 is 1.89 bits per heavy atom. The first kappa shape index (κ1) is 30.2. The fourth-order valence-electron chi connectivity index (χ4n) is 6.59. The number of benzene rings is 1. The molecule has 0 atom stereocenters. The average molecular weight is 633 g/mol. The molecule has 1 N–H and O–H groups in total. The zero-order valence-corrected chi connectivity index (χ0v) is 26.4. The van der Waals surface area contributed by atoms with E-state index in [0.29, 0.717) is 36.2 Å². The fourth-order valence-corrected chi connectivity index (χ4v) is 6.59. The number of carbonyl (C=O) groups excluding carboxylic acids is 1. The van der Waals surface area contributed by atoms with Gasteiger partial charge in [0, 0.05) is 49.1 Å². The van der Waals surface area contributed by atoms with Gasteiger partial charge in [0.15, 0.2) is 11.4 Å². The van der Waals surface area contributed by atoms with Crippen molar-refractivity contribution in [3.63, 3.8) is 0 Å². The third-order valence-electron chi connectivity index (χ3n) is 8.95. The van der Waals surface area contributed by atoms with Gasteiger partial charge in [0.1, 0.15) is 24.1 Å². The number of nitrogens with zero attached hydrogens (tertiary/aromatic N) is 9. The summed E-state index contributed by atoms with van der Waals surface area (Å²) in [7, 11) is 1.87. The first-order valence-corrected chi connectivity index (χ1v) is 15.8. The van der Waals surface area contributed by atoms with Gasteiger partial charge in [0.2, 0.25) is 5.95 Å². The molecule has 4 aromatic rings. The minimum Gasteiger partial charge on any atom is -0.444 e. The highest BCUT2D eigenvalue weighted by Gasteiger charge is 2.50. The molecule has 1 saturated heterocycles. The highest BCUT2D eigenvalue weighted by atomic mass is 16.7. The van der Waals surface area contributed by atoms with E-state index in [1.54, 1.807) is 28.2 Å². The van der Waals surface area contributed by atoms with Crippen molar-refractivity contribution in [3.05, 3.63) is 78.4 Å². The number of rotatable bonds is 8. The number of nitriles is 1. The second-order valence-electron chi connectivity index (χ2n) is 12.5. The summed E-state index contributed by atoms with van der Waals surface area (Å²) in [6.45, 7) is 3.38. The Balaban J connectivity index is 1.02. The van der Waals surface area contributed by atoms with Crippen LogP contribution in [0.25, 0.3) is 11.1 Å². The molecule has 0 unspecified atom stereocenters. The lowest BCUT2D eigenvalue weighted by Gasteiger charge is -2.46. The van der Waals surface area contributed by atoms with Crippen molar-refractivity contribution < 1.29 is 14.4 Å². The quantitative estimate of drug-likeness (QED) is 0.279. The molecule has 47 heavy (non-hydrogen) atoms. The van der Waals surface area contributed by atoms with E-state index in [1.807, 2.05) is 67.5 Å². The van der Waals surface area contributed by atoms with Crippen LogP contribution in [-0.2, 0) is 23.2 Å². The van der Waals surface area contributed by atoms with Gasteiger partial charge in [0.05, 0.1) is 31.2 Å². The summed E-state index contributed by atoms with van der Waals surface area (Å²) in [5, 5.41) is 21.5. The summed E-state index contributed by atoms with van der Waals surface area (Å²) in [6, 6.07) is 15.7. The van der Waals surface area contributed by atoms with Crippen LogP contribution in [-0.4, -0.2) is 67.3 Å². The molecule has 2 fully saturated rings. The fraction of sp³-hybridized carbons (Fsp3) is 0.382. The molecule has 1 aromatic carbocycles. The average Bonchev–Trinajstić information content (AvgIpc) is 3.70. The lowest BCUT2D eigenvalue weighted by molar-refractivity contribution is -0.0396. The van der Waals surface area contributed by atoms with E-state index in [4.69, 9.17) is 19.5 Å². The maximum absolute atomic E-state index is 13.6. The first-order chi connectivity index (χ1) is 22.9. The Kier molecular flexibility index (Phi) is 8.15. The minimum absolute atomic E-state index is 0.0973. The van der Waals surface area contributed by atoms with E-state index in [9.17, 15) is 10.1 Å². The van der Waals surface area contributed by atoms with Crippen molar-refractivity contribution in [1.82, 2.24) is 24.7 Å². The molecule has 13 nitrogen and oxygen atoms in total. The summed E-state index contributed by atoms with van der Waals surface area (Å²) < 4.78 is 7.55. The second-order valence-corrected chi connectivity index (χ2v) is 12.5. The maximum atomic E-state index is 13.6. The molecule has 7 rings (SSSR count). The number of hydrogen-bond donors (Lipinski definition) is 1. The van der Waals surface area contributed by atoms with Crippen LogP contribution < -0.4 is 15.1 Å². The number of amides is 1. The highest BCUT2D eigenvalue weighted by Crippen LogP contribution is 2.37. The molecular formula is C34H36N10O3. The molecule has 1 spiro atoms. The molecule has 3 aliphatic rings. The van der Waals surface area contributed by atoms with Crippen molar-refractivity contribution in [1.29, 1.82) is 5.26 Å². The Morgan fingerprint density at radius 3 is 2.55 bits per heavy atom. The van der Waals surface area contributed by atoms with Crippen molar-refractivity contribution in [3.8, 4) is 17.2 Å². The Morgan fingerprint density at radius 1 is 1.09 bits per heavy atom. The summed E-state index contributed by atoms with van der Waals surface area (Å²) in [6.07, 6.45) is 10.5. The number of carbonyl (C=O) groups is 1. The molecule has 5 heterocycles. The minimum atomic E-state index is -0.425. The molecule has 240 valence electrons. The standard InChI is InChI=1S/C34H36N10O3/c1-23-14-34(47-41-23)21-43(22-34)31-26(15-35)17-37-32(40-31)39-28-9-11-29(12-10-28)44(33(45)46-20-24-6-4-3-5-7-24)30-13-8-25(16-36-30)27-18-38-42(2)19-27/h3-8,13,16-19,28-29H,9-12,14,20-22H2,1-2H3,(H,37,39,40). The Labute approximate surface area is 272 Å². The van der Waals surface area contributed by atoms with E-state index in [0.717, 1.165) is 54.5 Å². The summed E-state index contributed by atoms with van der Waals surface area (Å²) in [5.74, 6) is 1.63. The molecule has 1 saturated carbocycles. The van der Waals surface area contributed by atoms with Gasteiger partial charge in [-0.15, -0.1) is 0 Å². The number of anilines is 3. The van der Waals surface area contributed by atoms with Gasteiger partial charge in [-0.1, -0.05) is 35.5 Å². The van der Waals surface area contributed by atoms with Gasteiger partial charge < -0.3 is 19.8 Å². The second kappa shape index (κ2) is 12.7. The molecule has 0 bridgehead atoms. The summed E-state index contributed by atoms with van der Waals surface area (Å²) >= 11 is 0. The van der Waals surface area contributed by atoms with E-state index in [2.05, 4.69) is 26.6 Å². The first-order valence-electron chi connectivity index (χ1n) is 15.8. The predicted octanol–water partition coefficient (Wildman–Crippen LogP) is 5.07. The lowest BCUT2D eigenvalue weighted by atomic mass is 9.89. The van der Waals surface area contributed by atoms with Crippen molar-refractivity contribution in [2.75, 3.05) is 28.2 Å². The van der Waals surface area contributed by atoms with Crippen LogP contribution in [0.15, 0.2) is 72.4 Å². The van der Waals surface area contributed by atoms with Crippen LogP contribution in [0.5, 0.6) is 0 Å². The molecular weight excluding hydrogens is 596 g/mol. The molecule has 2 aliphatic heterocycles. The van der Waals surface area contributed by atoms with Crippen molar-refractivity contribution >= 4 is 29.4 Å². The molecule has 1 aliphatic carbocycles. The highest BCUT2D eigenvalue weighted by molar-refractivity contribution is 5.87. The lowest BCUT2D eigenvalue weighted by Crippen LogP contribution is -2.62. The van der Waals surface area contributed by atoms with Crippen LogP contribution in [0, 0.1) is 11.3 Å². The normalized spacial score (nSPS) is 19.7. The summed E-state index contributed by atoms with van der Waals surface area (Å²) in [4.78, 5) is 36.9. The summed E-state index contributed by atoms with van der Waals surface area (Å²) in [5.41, 5.74) is 3.87. The van der Waals surface area contributed by atoms with E-state index in [-0.39, 0.29) is 24.3 Å². The number of nitrogens with one attached hydrogen (secondary N) is 1. The molecule has 1 amide bonds. The van der Waals surface area contributed by atoms with Gasteiger partial charge in [-0.05, 0) is 50.3 Å². The number of ether oxygens (including phenoxy) is 1. The number of hydrogen-bond acceptors (Lipinski definition) is 11. The van der Waals surface area contributed by atoms with Gasteiger partial charge in [-0.3, -0.25) is 9.58 Å². The Hall–Kier alpha value is -5.51. The van der Waals surface area contributed by atoms with Gasteiger partial charge in [0.25, 0.3) is 0 Å². The maximum Gasteiger partial charge on any atom is 0.416 e. The third-order valence-corrected chi connectivity index (χ3v) is 8.95. The van der Waals surface area contributed by atoms with E-state index >= 15 is 0 Å².